The van der Waals surface area contributed by atoms with Crippen LogP contribution in [0.2, 0.25) is 0 Å². The van der Waals surface area contributed by atoms with Crippen LogP contribution in [0.5, 0.6) is 0 Å². The molecule has 0 aromatic rings. The van der Waals surface area contributed by atoms with Crippen molar-refractivity contribution in [2.75, 3.05) is 0 Å². The molecular weight excluding hydrogens is 276 g/mol. The smallest absolute Gasteiger partial charge is 0.0577 e. The van der Waals surface area contributed by atoms with Crippen LogP contribution in [-0.2, 0) is 0 Å². The van der Waals surface area contributed by atoms with Crippen molar-refractivity contribution in [1.29, 1.82) is 0 Å². The molecule has 4 fully saturated rings. The molecule has 0 amide bonds. The summed E-state index contributed by atoms with van der Waals surface area (Å²) in [6.45, 7) is 4.76. The first-order valence-corrected chi connectivity index (χ1v) is 9.38. The fourth-order valence-corrected chi connectivity index (χ4v) is 7.30. The van der Waals surface area contributed by atoms with Gasteiger partial charge in [0.2, 0.25) is 0 Å². The van der Waals surface area contributed by atoms with Crippen molar-refractivity contribution in [3.05, 3.63) is 0 Å². The van der Waals surface area contributed by atoms with Crippen molar-refractivity contribution in [3.8, 4) is 0 Å². The van der Waals surface area contributed by atoms with Gasteiger partial charge in [0.15, 0.2) is 0 Å². The standard InChI is InChI=1S/C19H32O3/c1-18-5-4-14-13(15(18)8-12(21)10-18)9-17(22)16-7-11(20)3-6-19(14,16)2/h11-17,20-22H,3-10H2,1-2H3/t11-,12-,13+,14-,15-,16-,17+,18-,19-/m1/s1. The molecule has 0 bridgehead atoms. The van der Waals surface area contributed by atoms with E-state index in [1.165, 1.54) is 12.8 Å². The highest BCUT2D eigenvalue weighted by Gasteiger charge is 2.61. The van der Waals surface area contributed by atoms with Crippen LogP contribution in [0.3, 0.4) is 0 Å². The molecule has 0 saturated heterocycles. The minimum Gasteiger partial charge on any atom is -0.393 e. The van der Waals surface area contributed by atoms with Gasteiger partial charge in [-0.3, -0.25) is 0 Å². The van der Waals surface area contributed by atoms with Crippen LogP contribution < -0.4 is 0 Å². The van der Waals surface area contributed by atoms with Crippen LogP contribution in [0, 0.1) is 34.5 Å². The van der Waals surface area contributed by atoms with Crippen LogP contribution in [0.4, 0.5) is 0 Å². The van der Waals surface area contributed by atoms with Crippen molar-refractivity contribution in [1.82, 2.24) is 0 Å². The van der Waals surface area contributed by atoms with Crippen LogP contribution in [0.25, 0.3) is 0 Å². The lowest BCUT2D eigenvalue weighted by atomic mass is 9.44. The topological polar surface area (TPSA) is 60.7 Å². The zero-order chi connectivity index (χ0) is 15.7. The van der Waals surface area contributed by atoms with Gasteiger partial charge >= 0.3 is 0 Å². The first kappa shape index (κ1) is 15.4. The van der Waals surface area contributed by atoms with Gasteiger partial charge in [0.1, 0.15) is 0 Å². The van der Waals surface area contributed by atoms with E-state index >= 15 is 0 Å². The normalized spacial score (nSPS) is 61.2. The third kappa shape index (κ3) is 2.04. The number of hydrogen-bond acceptors (Lipinski definition) is 3. The Morgan fingerprint density at radius 2 is 1.50 bits per heavy atom. The Bertz CT molecular complexity index is 452. The monoisotopic (exact) mass is 308 g/mol. The molecule has 22 heavy (non-hydrogen) atoms. The van der Waals surface area contributed by atoms with E-state index < -0.39 is 0 Å². The number of fused-ring (bicyclic) bond motifs is 5. The van der Waals surface area contributed by atoms with E-state index in [2.05, 4.69) is 13.8 Å². The molecule has 4 aliphatic carbocycles. The third-order valence-corrected chi connectivity index (χ3v) is 8.40. The molecule has 3 heteroatoms. The molecule has 4 rings (SSSR count). The summed E-state index contributed by atoms with van der Waals surface area (Å²) in [5.74, 6) is 2.10. The number of rotatable bonds is 0. The second-order valence-electron chi connectivity index (χ2n) is 9.51. The van der Waals surface area contributed by atoms with Gasteiger partial charge in [-0.25, -0.2) is 0 Å². The summed E-state index contributed by atoms with van der Waals surface area (Å²) < 4.78 is 0. The van der Waals surface area contributed by atoms with Crippen molar-refractivity contribution in [3.63, 3.8) is 0 Å². The summed E-state index contributed by atoms with van der Waals surface area (Å²) in [5.41, 5.74) is 0.480. The molecule has 3 nitrogen and oxygen atoms in total. The number of aliphatic hydroxyl groups excluding tert-OH is 3. The van der Waals surface area contributed by atoms with Gasteiger partial charge in [0, 0.05) is 0 Å². The molecule has 0 radical (unpaired) electrons. The molecular formula is C19H32O3. The summed E-state index contributed by atoms with van der Waals surface area (Å²) in [5, 5.41) is 31.1. The average Bonchev–Trinajstić information content (AvgIpc) is 2.76. The highest BCUT2D eigenvalue weighted by molar-refractivity contribution is 5.10. The molecule has 0 aromatic carbocycles. The maximum atomic E-state index is 10.8. The van der Waals surface area contributed by atoms with E-state index in [9.17, 15) is 15.3 Å². The minimum absolute atomic E-state index is 0.135. The third-order valence-electron chi connectivity index (χ3n) is 8.40. The predicted molar refractivity (Wildman–Crippen MR) is 85.1 cm³/mol. The van der Waals surface area contributed by atoms with E-state index in [-0.39, 0.29) is 35.1 Å². The molecule has 0 aromatic heterocycles. The van der Waals surface area contributed by atoms with Gasteiger partial charge in [-0.15, -0.1) is 0 Å². The fourth-order valence-electron chi connectivity index (χ4n) is 7.30. The second kappa shape index (κ2) is 4.94. The Hall–Kier alpha value is -0.120. The molecule has 9 atom stereocenters. The van der Waals surface area contributed by atoms with Crippen molar-refractivity contribution in [2.45, 2.75) is 83.5 Å². The van der Waals surface area contributed by atoms with Crippen molar-refractivity contribution < 1.29 is 15.3 Å². The van der Waals surface area contributed by atoms with Crippen molar-refractivity contribution >= 4 is 0 Å². The van der Waals surface area contributed by atoms with Crippen LogP contribution in [0.1, 0.15) is 65.2 Å². The predicted octanol–water partition coefficient (Wildman–Crippen LogP) is 2.72. The Morgan fingerprint density at radius 3 is 2.27 bits per heavy atom. The van der Waals surface area contributed by atoms with Gasteiger partial charge in [-0.1, -0.05) is 13.8 Å². The molecule has 4 aliphatic rings. The van der Waals surface area contributed by atoms with Gasteiger partial charge in [0.25, 0.3) is 0 Å². The first-order valence-electron chi connectivity index (χ1n) is 9.38. The lowest BCUT2D eigenvalue weighted by Crippen LogP contribution is -2.57. The van der Waals surface area contributed by atoms with Gasteiger partial charge in [-0.2, -0.15) is 0 Å². The Kier molecular flexibility index (Phi) is 3.46. The maximum Gasteiger partial charge on any atom is 0.0577 e. The molecule has 0 unspecified atom stereocenters. The molecule has 0 heterocycles. The SMILES string of the molecule is C[C@]12CC[C@@H]3[C@H](C[C@H](O)[C@H]4C[C@H](O)CC[C@]34C)[C@H]1C[C@@H](O)C2. The summed E-state index contributed by atoms with van der Waals surface area (Å²) in [7, 11) is 0. The lowest BCUT2D eigenvalue weighted by molar-refractivity contribution is -0.167. The fraction of sp³-hybridized carbons (Fsp3) is 1.00. The summed E-state index contributed by atoms with van der Waals surface area (Å²) >= 11 is 0. The highest BCUT2D eigenvalue weighted by Crippen LogP contribution is 2.66. The van der Waals surface area contributed by atoms with E-state index in [1.807, 2.05) is 0 Å². The number of aliphatic hydroxyl groups is 3. The summed E-state index contributed by atoms with van der Waals surface area (Å²) in [4.78, 5) is 0. The van der Waals surface area contributed by atoms with E-state index in [4.69, 9.17) is 0 Å². The summed E-state index contributed by atoms with van der Waals surface area (Å²) in [6.07, 6.45) is 7.39. The Labute approximate surface area is 134 Å². The van der Waals surface area contributed by atoms with Gasteiger partial charge in [-0.05, 0) is 85.9 Å². The van der Waals surface area contributed by atoms with E-state index in [1.54, 1.807) is 0 Å². The van der Waals surface area contributed by atoms with Crippen LogP contribution >= 0.6 is 0 Å². The molecule has 4 saturated carbocycles. The second-order valence-corrected chi connectivity index (χ2v) is 9.51. The summed E-state index contributed by atoms with van der Waals surface area (Å²) in [6, 6.07) is 0. The zero-order valence-corrected chi connectivity index (χ0v) is 14.0. The maximum absolute atomic E-state index is 10.8. The lowest BCUT2D eigenvalue weighted by Gasteiger charge is -2.61. The minimum atomic E-state index is -0.263. The van der Waals surface area contributed by atoms with Crippen LogP contribution in [-0.4, -0.2) is 33.6 Å². The van der Waals surface area contributed by atoms with Crippen molar-refractivity contribution in [2.24, 2.45) is 34.5 Å². The molecule has 3 N–H and O–H groups in total. The number of hydrogen-bond donors (Lipinski definition) is 3. The van der Waals surface area contributed by atoms with E-state index in [0.717, 1.165) is 38.5 Å². The first-order chi connectivity index (χ1) is 10.3. The largest absolute Gasteiger partial charge is 0.393 e. The van der Waals surface area contributed by atoms with Crippen LogP contribution in [0.15, 0.2) is 0 Å². The van der Waals surface area contributed by atoms with Gasteiger partial charge in [0.05, 0.1) is 18.3 Å². The zero-order valence-electron chi connectivity index (χ0n) is 14.0. The molecule has 0 spiro atoms. The molecule has 0 aliphatic heterocycles. The highest BCUT2D eigenvalue weighted by atomic mass is 16.3. The quantitative estimate of drug-likeness (QED) is 0.645. The Morgan fingerprint density at radius 1 is 0.773 bits per heavy atom. The Balaban J connectivity index is 1.66. The molecule has 126 valence electrons. The average molecular weight is 308 g/mol. The van der Waals surface area contributed by atoms with E-state index in [0.29, 0.717) is 17.8 Å². The van der Waals surface area contributed by atoms with Gasteiger partial charge < -0.3 is 15.3 Å².